The summed E-state index contributed by atoms with van der Waals surface area (Å²) in [7, 11) is 0. The zero-order chi connectivity index (χ0) is 13.7. The number of nitrogens with one attached hydrogen (secondary N) is 1. The van der Waals surface area contributed by atoms with Crippen molar-refractivity contribution in [1.29, 1.82) is 0 Å². The van der Waals surface area contributed by atoms with Crippen LogP contribution in [-0.4, -0.2) is 24.8 Å². The van der Waals surface area contributed by atoms with Gasteiger partial charge >= 0.3 is 0 Å². The quantitative estimate of drug-likeness (QED) is 0.781. The molecule has 2 nitrogen and oxygen atoms in total. The lowest BCUT2D eigenvalue weighted by Crippen LogP contribution is -2.46. The third-order valence-corrected chi connectivity index (χ3v) is 5.43. The summed E-state index contributed by atoms with van der Waals surface area (Å²) in [5, 5.41) is 3.77. The summed E-state index contributed by atoms with van der Waals surface area (Å²) in [5.74, 6) is 1.67. The highest BCUT2D eigenvalue weighted by Gasteiger charge is 2.41. The molecule has 19 heavy (non-hydrogen) atoms. The van der Waals surface area contributed by atoms with Gasteiger partial charge in [-0.05, 0) is 50.5 Å². The van der Waals surface area contributed by atoms with Gasteiger partial charge in [-0.15, -0.1) is 0 Å². The van der Waals surface area contributed by atoms with Crippen LogP contribution in [0, 0.1) is 11.8 Å². The van der Waals surface area contributed by atoms with E-state index in [-0.39, 0.29) is 5.60 Å². The monoisotopic (exact) mass is 267 g/mol. The molecule has 2 fully saturated rings. The van der Waals surface area contributed by atoms with Crippen LogP contribution in [-0.2, 0) is 4.74 Å². The van der Waals surface area contributed by atoms with E-state index >= 15 is 0 Å². The summed E-state index contributed by atoms with van der Waals surface area (Å²) in [5.41, 5.74) is 0.270. The Morgan fingerprint density at radius 3 is 2.63 bits per heavy atom. The molecule has 1 aliphatic carbocycles. The molecule has 0 aromatic rings. The molecule has 2 rings (SSSR count). The van der Waals surface area contributed by atoms with E-state index in [9.17, 15) is 0 Å². The van der Waals surface area contributed by atoms with Gasteiger partial charge in [0.15, 0.2) is 0 Å². The normalized spacial score (nSPS) is 29.5. The molecule has 2 aliphatic rings. The molecule has 112 valence electrons. The lowest BCUT2D eigenvalue weighted by molar-refractivity contribution is -0.0987. The topological polar surface area (TPSA) is 21.3 Å². The van der Waals surface area contributed by atoms with E-state index in [1.807, 2.05) is 0 Å². The highest BCUT2D eigenvalue weighted by Crippen LogP contribution is 2.43. The van der Waals surface area contributed by atoms with E-state index in [1.165, 1.54) is 51.4 Å². The number of hydrogen-bond donors (Lipinski definition) is 1. The molecule has 1 saturated heterocycles. The first-order valence-corrected chi connectivity index (χ1v) is 8.56. The molecular weight excluding hydrogens is 234 g/mol. The average Bonchev–Trinajstić information content (AvgIpc) is 2.86. The number of rotatable bonds is 6. The van der Waals surface area contributed by atoms with Crippen LogP contribution in [0.2, 0.25) is 0 Å². The summed E-state index contributed by atoms with van der Waals surface area (Å²) >= 11 is 0. The Morgan fingerprint density at radius 1 is 1.26 bits per heavy atom. The highest BCUT2D eigenvalue weighted by molar-refractivity contribution is 4.94. The van der Waals surface area contributed by atoms with Gasteiger partial charge in [0.1, 0.15) is 0 Å². The first-order valence-electron chi connectivity index (χ1n) is 8.56. The van der Waals surface area contributed by atoms with Gasteiger partial charge in [0.25, 0.3) is 0 Å². The van der Waals surface area contributed by atoms with E-state index in [4.69, 9.17) is 4.74 Å². The van der Waals surface area contributed by atoms with Crippen LogP contribution in [0.4, 0.5) is 0 Å². The van der Waals surface area contributed by atoms with Crippen molar-refractivity contribution < 1.29 is 4.74 Å². The van der Waals surface area contributed by atoms with Crippen LogP contribution < -0.4 is 5.32 Å². The molecule has 1 saturated carbocycles. The van der Waals surface area contributed by atoms with E-state index in [2.05, 4.69) is 26.1 Å². The van der Waals surface area contributed by atoms with Crippen molar-refractivity contribution >= 4 is 0 Å². The second-order valence-electron chi connectivity index (χ2n) is 6.90. The van der Waals surface area contributed by atoms with Gasteiger partial charge in [-0.2, -0.15) is 0 Å². The average molecular weight is 267 g/mol. The van der Waals surface area contributed by atoms with Gasteiger partial charge in [-0.25, -0.2) is 0 Å². The molecule has 2 heteroatoms. The maximum Gasteiger partial charge on any atom is 0.0685 e. The van der Waals surface area contributed by atoms with Crippen LogP contribution in [0.15, 0.2) is 0 Å². The van der Waals surface area contributed by atoms with E-state index in [0.717, 1.165) is 25.0 Å². The molecule has 0 amide bonds. The van der Waals surface area contributed by atoms with Crippen molar-refractivity contribution in [1.82, 2.24) is 5.32 Å². The maximum atomic E-state index is 6.19. The SMILES string of the molecule is CCNC(CC(C)CC)C1CCOC2(CCCC2)C1. The Balaban J connectivity index is 1.95. The van der Waals surface area contributed by atoms with Gasteiger partial charge in [0.2, 0.25) is 0 Å². The van der Waals surface area contributed by atoms with Crippen molar-refractivity contribution in [2.45, 2.75) is 83.8 Å². The summed E-state index contributed by atoms with van der Waals surface area (Å²) in [4.78, 5) is 0. The van der Waals surface area contributed by atoms with Gasteiger partial charge in [0, 0.05) is 12.6 Å². The molecule has 1 spiro atoms. The Hall–Kier alpha value is -0.0800. The standard InChI is InChI=1S/C17H33NO/c1-4-14(3)12-16(18-5-2)15-8-11-19-17(13-15)9-6-7-10-17/h14-16,18H,4-13H2,1-3H3. The maximum absolute atomic E-state index is 6.19. The van der Waals surface area contributed by atoms with Crippen LogP contribution in [0.3, 0.4) is 0 Å². The van der Waals surface area contributed by atoms with Crippen molar-refractivity contribution in [3.05, 3.63) is 0 Å². The molecule has 3 unspecified atom stereocenters. The first kappa shape index (κ1) is 15.3. The fourth-order valence-corrected chi connectivity index (χ4v) is 4.08. The molecule has 1 N–H and O–H groups in total. The first-order chi connectivity index (χ1) is 9.19. The summed E-state index contributed by atoms with van der Waals surface area (Å²) in [6.07, 6.45) is 10.6. The molecule has 0 radical (unpaired) electrons. The van der Waals surface area contributed by atoms with Gasteiger partial charge in [-0.3, -0.25) is 0 Å². The summed E-state index contributed by atoms with van der Waals surface area (Å²) in [6.45, 7) is 9.05. The molecular formula is C17H33NO. The van der Waals surface area contributed by atoms with E-state index in [0.29, 0.717) is 6.04 Å². The molecule has 1 heterocycles. The minimum atomic E-state index is 0.270. The zero-order valence-corrected chi connectivity index (χ0v) is 13.2. The second kappa shape index (κ2) is 7.08. The predicted octanol–water partition coefficient (Wildman–Crippen LogP) is 4.14. The van der Waals surface area contributed by atoms with Crippen molar-refractivity contribution in [3.63, 3.8) is 0 Å². The largest absolute Gasteiger partial charge is 0.375 e. The summed E-state index contributed by atoms with van der Waals surface area (Å²) in [6, 6.07) is 0.710. The molecule has 0 bridgehead atoms. The van der Waals surface area contributed by atoms with Crippen molar-refractivity contribution in [2.75, 3.05) is 13.2 Å². The summed E-state index contributed by atoms with van der Waals surface area (Å²) < 4.78 is 6.19. The van der Waals surface area contributed by atoms with E-state index in [1.54, 1.807) is 0 Å². The van der Waals surface area contributed by atoms with Gasteiger partial charge < -0.3 is 10.1 Å². The lowest BCUT2D eigenvalue weighted by Gasteiger charge is -2.42. The van der Waals surface area contributed by atoms with Crippen LogP contribution in [0.1, 0.15) is 72.1 Å². The van der Waals surface area contributed by atoms with Gasteiger partial charge in [-0.1, -0.05) is 40.0 Å². The fraction of sp³-hybridized carbons (Fsp3) is 1.00. The van der Waals surface area contributed by atoms with Gasteiger partial charge in [0.05, 0.1) is 5.60 Å². The molecule has 3 atom stereocenters. The Morgan fingerprint density at radius 2 is 2.00 bits per heavy atom. The van der Waals surface area contributed by atoms with E-state index < -0.39 is 0 Å². The molecule has 0 aromatic carbocycles. The third kappa shape index (κ3) is 3.95. The highest BCUT2D eigenvalue weighted by atomic mass is 16.5. The fourth-order valence-electron chi connectivity index (χ4n) is 4.08. The predicted molar refractivity (Wildman–Crippen MR) is 81.4 cm³/mol. The smallest absolute Gasteiger partial charge is 0.0685 e. The molecule has 0 aromatic heterocycles. The van der Waals surface area contributed by atoms with Crippen LogP contribution in [0.25, 0.3) is 0 Å². The third-order valence-electron chi connectivity index (χ3n) is 5.43. The minimum Gasteiger partial charge on any atom is -0.375 e. The lowest BCUT2D eigenvalue weighted by atomic mass is 9.78. The minimum absolute atomic E-state index is 0.270. The van der Waals surface area contributed by atoms with Crippen LogP contribution >= 0.6 is 0 Å². The Bertz CT molecular complexity index is 260. The van der Waals surface area contributed by atoms with Crippen molar-refractivity contribution in [2.24, 2.45) is 11.8 Å². The molecule has 1 aliphatic heterocycles. The second-order valence-corrected chi connectivity index (χ2v) is 6.90. The zero-order valence-electron chi connectivity index (χ0n) is 13.2. The Labute approximate surface area is 119 Å². The number of hydrogen-bond acceptors (Lipinski definition) is 2. The Kier molecular flexibility index (Phi) is 5.70. The number of ether oxygens (including phenoxy) is 1. The van der Waals surface area contributed by atoms with Crippen molar-refractivity contribution in [3.8, 4) is 0 Å². The van der Waals surface area contributed by atoms with Crippen LogP contribution in [0.5, 0.6) is 0 Å².